The van der Waals surface area contributed by atoms with Gasteiger partial charge in [-0.2, -0.15) is 0 Å². The molecule has 3 saturated carbocycles. The van der Waals surface area contributed by atoms with Crippen molar-refractivity contribution >= 4 is 16.8 Å². The first-order valence-corrected chi connectivity index (χ1v) is 12.0. The Labute approximate surface area is 185 Å². The van der Waals surface area contributed by atoms with Crippen LogP contribution in [0.1, 0.15) is 78.9 Å². The van der Waals surface area contributed by atoms with Gasteiger partial charge in [-0.3, -0.25) is 4.79 Å². The van der Waals surface area contributed by atoms with E-state index in [0.29, 0.717) is 18.2 Å². The molecule has 3 aromatic rings. The van der Waals surface area contributed by atoms with Crippen molar-refractivity contribution in [2.24, 2.45) is 11.8 Å². The maximum Gasteiger partial charge on any atom is 0.270 e. The molecular weight excluding hydrogens is 380 g/mol. The highest BCUT2D eigenvalue weighted by Crippen LogP contribution is 2.44. The Morgan fingerprint density at radius 3 is 2.23 bits per heavy atom. The number of aromatic nitrogens is 1. The normalized spacial score (nSPS) is 23.7. The van der Waals surface area contributed by atoms with E-state index in [1.807, 2.05) is 36.4 Å². The van der Waals surface area contributed by atoms with Crippen molar-refractivity contribution in [1.29, 1.82) is 0 Å². The van der Waals surface area contributed by atoms with Crippen LogP contribution in [0.3, 0.4) is 0 Å². The Hall–Kier alpha value is -2.68. The van der Waals surface area contributed by atoms with Crippen LogP contribution >= 0.6 is 0 Å². The molecule has 1 heterocycles. The van der Waals surface area contributed by atoms with Crippen LogP contribution in [0.25, 0.3) is 10.9 Å². The molecule has 0 radical (unpaired) electrons. The number of para-hydroxylation sites is 1. The van der Waals surface area contributed by atoms with Gasteiger partial charge in [0, 0.05) is 11.9 Å². The van der Waals surface area contributed by atoms with Crippen LogP contribution in [0, 0.1) is 11.8 Å². The lowest BCUT2D eigenvalue weighted by Crippen LogP contribution is -2.25. The van der Waals surface area contributed by atoms with E-state index in [-0.39, 0.29) is 5.91 Å². The number of amides is 1. The second kappa shape index (κ2) is 9.21. The molecule has 0 atom stereocenters. The lowest BCUT2D eigenvalue weighted by atomic mass is 9.71. The van der Waals surface area contributed by atoms with Gasteiger partial charge in [-0.25, -0.2) is 4.98 Å². The van der Waals surface area contributed by atoms with E-state index < -0.39 is 0 Å². The van der Waals surface area contributed by atoms with Gasteiger partial charge in [-0.1, -0.05) is 87.1 Å². The van der Waals surface area contributed by atoms with E-state index in [0.717, 1.165) is 22.9 Å². The second-order valence-electron chi connectivity index (χ2n) is 9.54. The largest absolute Gasteiger partial charge is 0.347 e. The van der Waals surface area contributed by atoms with Gasteiger partial charge in [0.1, 0.15) is 5.69 Å². The Balaban J connectivity index is 1.46. The highest BCUT2D eigenvalue weighted by atomic mass is 16.1. The first-order chi connectivity index (χ1) is 15.3. The predicted molar refractivity (Wildman–Crippen MR) is 126 cm³/mol. The second-order valence-corrected chi connectivity index (χ2v) is 9.54. The molecule has 3 aliphatic carbocycles. The summed E-state index contributed by atoms with van der Waals surface area (Å²) in [5.41, 5.74) is 3.94. The first-order valence-electron chi connectivity index (χ1n) is 12.0. The predicted octanol–water partition coefficient (Wildman–Crippen LogP) is 6.63. The fourth-order valence-electron chi connectivity index (χ4n) is 5.83. The topological polar surface area (TPSA) is 42.0 Å². The third kappa shape index (κ3) is 4.66. The summed E-state index contributed by atoms with van der Waals surface area (Å²) in [6, 6.07) is 20.5. The molecule has 3 nitrogen and oxygen atoms in total. The molecule has 0 aliphatic heterocycles. The maximum atomic E-state index is 13.0. The number of nitrogens with zero attached hydrogens (tertiary/aromatic N) is 1. The molecule has 0 saturated heterocycles. The van der Waals surface area contributed by atoms with Gasteiger partial charge in [0.2, 0.25) is 0 Å². The monoisotopic (exact) mass is 412 g/mol. The summed E-state index contributed by atoms with van der Waals surface area (Å²) >= 11 is 0. The number of benzene rings is 2. The molecule has 3 heteroatoms. The van der Waals surface area contributed by atoms with Gasteiger partial charge in [-0.15, -0.1) is 0 Å². The van der Waals surface area contributed by atoms with Gasteiger partial charge in [0.05, 0.1) is 5.52 Å². The maximum absolute atomic E-state index is 13.0. The molecule has 0 unspecified atom stereocenters. The molecular formula is C28H32N2O. The molecule has 160 valence electrons. The van der Waals surface area contributed by atoms with Crippen LogP contribution in [-0.2, 0) is 6.54 Å². The average Bonchev–Trinajstić information content (AvgIpc) is 2.76. The third-order valence-corrected chi connectivity index (χ3v) is 7.40. The van der Waals surface area contributed by atoms with Gasteiger partial charge < -0.3 is 5.32 Å². The lowest BCUT2D eigenvalue weighted by molar-refractivity contribution is 0.0946. The standard InChI is InChI=1S/C28H32N2O/c31-28(29-19-22-8-2-1-3-9-22)27-18-25(24-14-4-5-15-26(24)30-27)23-16-20-10-6-11-21(17-23)13-7-12-20/h1-5,8-9,14-15,18,20-21,23H,6-7,10-13,16-17,19H2,(H,29,31). The van der Waals surface area contributed by atoms with Gasteiger partial charge in [0.25, 0.3) is 5.91 Å². The zero-order valence-electron chi connectivity index (χ0n) is 18.2. The number of hydrogen-bond acceptors (Lipinski definition) is 2. The number of carbonyl (C=O) groups excluding carboxylic acids is 1. The number of nitrogens with one attached hydrogen (secondary N) is 1. The van der Waals surface area contributed by atoms with E-state index in [9.17, 15) is 4.79 Å². The quantitative estimate of drug-likeness (QED) is 0.522. The number of carbonyl (C=O) groups is 1. The summed E-state index contributed by atoms with van der Waals surface area (Å²) in [5, 5.41) is 4.30. The Bertz CT molecular complexity index is 1020. The van der Waals surface area contributed by atoms with Crippen LogP contribution < -0.4 is 5.32 Å². The van der Waals surface area contributed by atoms with E-state index in [2.05, 4.69) is 29.6 Å². The summed E-state index contributed by atoms with van der Waals surface area (Å²) in [6.45, 7) is 0.525. The van der Waals surface area contributed by atoms with E-state index in [1.54, 1.807) is 0 Å². The van der Waals surface area contributed by atoms with Gasteiger partial charge in [-0.05, 0) is 53.9 Å². The van der Waals surface area contributed by atoms with Gasteiger partial charge in [0.15, 0.2) is 0 Å². The van der Waals surface area contributed by atoms with Gasteiger partial charge >= 0.3 is 0 Å². The number of hydrogen-bond donors (Lipinski definition) is 1. The lowest BCUT2D eigenvalue weighted by Gasteiger charge is -2.35. The zero-order valence-corrected chi connectivity index (χ0v) is 18.2. The Morgan fingerprint density at radius 1 is 0.871 bits per heavy atom. The number of fused-ring (bicyclic) bond motifs is 7. The minimum absolute atomic E-state index is 0.0816. The molecule has 0 spiro atoms. The first kappa shape index (κ1) is 20.2. The molecule has 6 rings (SSSR count). The molecule has 3 fully saturated rings. The van der Waals surface area contributed by atoms with Crippen LogP contribution in [-0.4, -0.2) is 10.9 Å². The molecule has 1 N–H and O–H groups in total. The van der Waals surface area contributed by atoms with Crippen molar-refractivity contribution in [2.75, 3.05) is 0 Å². The Kier molecular flexibility index (Phi) is 6.01. The molecule has 1 amide bonds. The molecule has 31 heavy (non-hydrogen) atoms. The Morgan fingerprint density at radius 2 is 1.52 bits per heavy atom. The highest BCUT2D eigenvalue weighted by Gasteiger charge is 2.29. The molecule has 1 aromatic heterocycles. The van der Waals surface area contributed by atoms with E-state index in [4.69, 9.17) is 4.98 Å². The summed E-state index contributed by atoms with van der Waals surface area (Å²) in [4.78, 5) is 17.8. The SMILES string of the molecule is O=C(NCc1ccccc1)c1cc(C2CC3CCCC(CCC3)C2)c2ccccc2n1. The van der Waals surface area contributed by atoms with E-state index in [1.165, 1.54) is 62.3 Å². The summed E-state index contributed by atoms with van der Waals surface area (Å²) in [5.74, 6) is 2.10. The average molecular weight is 413 g/mol. The van der Waals surface area contributed by atoms with Crippen LogP contribution in [0.4, 0.5) is 0 Å². The van der Waals surface area contributed by atoms with Crippen LogP contribution in [0.5, 0.6) is 0 Å². The van der Waals surface area contributed by atoms with Crippen molar-refractivity contribution in [1.82, 2.24) is 10.3 Å². The third-order valence-electron chi connectivity index (χ3n) is 7.40. The highest BCUT2D eigenvalue weighted by molar-refractivity contribution is 5.96. The van der Waals surface area contributed by atoms with Crippen molar-refractivity contribution in [3.05, 3.63) is 77.5 Å². The summed E-state index contributed by atoms with van der Waals surface area (Å²) < 4.78 is 0. The molecule has 3 aliphatic rings. The van der Waals surface area contributed by atoms with Crippen molar-refractivity contribution in [2.45, 2.75) is 63.8 Å². The van der Waals surface area contributed by atoms with Crippen molar-refractivity contribution in [3.8, 4) is 0 Å². The zero-order chi connectivity index (χ0) is 21.0. The summed E-state index contributed by atoms with van der Waals surface area (Å²) in [7, 11) is 0. The minimum atomic E-state index is -0.0816. The van der Waals surface area contributed by atoms with Crippen molar-refractivity contribution < 1.29 is 4.79 Å². The fourth-order valence-corrected chi connectivity index (χ4v) is 5.83. The van der Waals surface area contributed by atoms with Crippen LogP contribution in [0.2, 0.25) is 0 Å². The fraction of sp³-hybridized carbons (Fsp3) is 0.429. The van der Waals surface area contributed by atoms with E-state index >= 15 is 0 Å². The number of pyridine rings is 1. The van der Waals surface area contributed by atoms with Crippen LogP contribution in [0.15, 0.2) is 60.7 Å². The smallest absolute Gasteiger partial charge is 0.270 e. The number of rotatable bonds is 4. The van der Waals surface area contributed by atoms with Crippen molar-refractivity contribution in [3.63, 3.8) is 0 Å². The molecule has 2 aromatic carbocycles. The minimum Gasteiger partial charge on any atom is -0.347 e. The summed E-state index contributed by atoms with van der Waals surface area (Å²) in [6.07, 6.45) is 10.8. The molecule has 2 bridgehead atoms.